The van der Waals surface area contributed by atoms with Gasteiger partial charge in [0.05, 0.1) is 0 Å². The molecule has 0 aromatic rings. The number of likely N-dealkylation sites (N-methyl/N-ethyl adjacent to an activating group) is 1. The molecule has 4 nitrogen and oxygen atoms in total. The number of rotatable bonds is 7. The van der Waals surface area contributed by atoms with Crippen LogP contribution in [0.5, 0.6) is 0 Å². The minimum absolute atomic E-state index is 0.300. The van der Waals surface area contributed by atoms with E-state index in [0.717, 1.165) is 0 Å². The van der Waals surface area contributed by atoms with Crippen LogP contribution >= 0.6 is 0 Å². The molecular weight excluding hydrogens is 194 g/mol. The maximum absolute atomic E-state index is 11.6. The summed E-state index contributed by atoms with van der Waals surface area (Å²) in [6, 6.07) is 0. The van der Waals surface area contributed by atoms with Gasteiger partial charge in [0.25, 0.3) is 6.43 Å². The maximum atomic E-state index is 11.6. The van der Waals surface area contributed by atoms with E-state index < -0.39 is 13.0 Å². The van der Waals surface area contributed by atoms with Crippen LogP contribution in [0.1, 0.15) is 6.42 Å². The molecule has 1 amide bonds. The van der Waals surface area contributed by atoms with Crippen LogP contribution in [0.25, 0.3) is 0 Å². The maximum Gasteiger partial charge on any atom is 0.261 e. The van der Waals surface area contributed by atoms with Gasteiger partial charge in [-0.15, -0.1) is 0 Å². The number of hydrogen-bond acceptors (Lipinski definition) is 3. The first-order chi connectivity index (χ1) is 6.57. The molecule has 6 heteroatoms. The van der Waals surface area contributed by atoms with Gasteiger partial charge in [0.1, 0.15) is 13.2 Å². The number of amides is 1. The van der Waals surface area contributed by atoms with Crippen molar-refractivity contribution in [2.45, 2.75) is 12.8 Å². The van der Waals surface area contributed by atoms with Crippen molar-refractivity contribution < 1.29 is 18.3 Å². The molecule has 84 valence electrons. The van der Waals surface area contributed by atoms with E-state index in [0.29, 0.717) is 19.5 Å². The molecule has 14 heavy (non-hydrogen) atoms. The van der Waals surface area contributed by atoms with E-state index >= 15 is 0 Å². The average Bonchev–Trinajstić information content (AvgIpc) is 2.13. The topological polar surface area (TPSA) is 55.6 Å². The molecule has 0 unspecified atom stereocenters. The monoisotopic (exact) mass is 210 g/mol. The lowest BCUT2D eigenvalue weighted by Crippen LogP contribution is -2.32. The van der Waals surface area contributed by atoms with Crippen LogP contribution in [-0.2, 0) is 9.53 Å². The Bertz CT molecular complexity index is 167. The molecule has 0 aromatic heterocycles. The summed E-state index contributed by atoms with van der Waals surface area (Å²) >= 11 is 0. The summed E-state index contributed by atoms with van der Waals surface area (Å²) in [5.41, 5.74) is 5.25. The number of halogens is 2. The van der Waals surface area contributed by atoms with Crippen molar-refractivity contribution in [2.75, 3.05) is 33.4 Å². The highest BCUT2D eigenvalue weighted by atomic mass is 19.3. The Morgan fingerprint density at radius 3 is 2.71 bits per heavy atom. The molecule has 0 fully saturated rings. The molecule has 0 aromatic carbocycles. The van der Waals surface area contributed by atoms with Gasteiger partial charge in [-0.3, -0.25) is 4.79 Å². The van der Waals surface area contributed by atoms with Gasteiger partial charge in [-0.1, -0.05) is 0 Å². The van der Waals surface area contributed by atoms with Crippen molar-refractivity contribution in [2.24, 2.45) is 5.73 Å². The molecule has 0 spiro atoms. The van der Waals surface area contributed by atoms with Crippen LogP contribution in [-0.4, -0.2) is 50.6 Å². The van der Waals surface area contributed by atoms with E-state index in [9.17, 15) is 13.6 Å². The number of nitrogens with zero attached hydrogens (tertiary/aromatic N) is 1. The third kappa shape index (κ3) is 6.73. The lowest BCUT2D eigenvalue weighted by molar-refractivity contribution is -0.136. The third-order valence-electron chi connectivity index (χ3n) is 1.59. The Morgan fingerprint density at radius 2 is 2.21 bits per heavy atom. The average molecular weight is 210 g/mol. The Hall–Kier alpha value is -0.750. The van der Waals surface area contributed by atoms with Gasteiger partial charge in [-0.25, -0.2) is 8.78 Å². The summed E-state index contributed by atoms with van der Waals surface area (Å²) in [6.07, 6.45) is -1.84. The minimum atomic E-state index is -2.53. The van der Waals surface area contributed by atoms with Gasteiger partial charge in [-0.05, 0) is 13.0 Å². The van der Waals surface area contributed by atoms with Crippen LogP contribution in [0.3, 0.4) is 0 Å². The van der Waals surface area contributed by atoms with E-state index in [4.69, 9.17) is 5.73 Å². The van der Waals surface area contributed by atoms with Crippen LogP contribution in [0.2, 0.25) is 0 Å². The fraction of sp³-hybridized carbons (Fsp3) is 0.875. The second-order valence-electron chi connectivity index (χ2n) is 2.86. The summed E-state index contributed by atoms with van der Waals surface area (Å²) in [4.78, 5) is 12.6. The second kappa shape index (κ2) is 7.64. The van der Waals surface area contributed by atoms with Crippen molar-refractivity contribution in [3.8, 4) is 0 Å². The first-order valence-corrected chi connectivity index (χ1v) is 4.38. The van der Waals surface area contributed by atoms with Crippen LogP contribution in [0.15, 0.2) is 0 Å². The molecule has 0 aliphatic carbocycles. The van der Waals surface area contributed by atoms with Gasteiger partial charge in [0.2, 0.25) is 5.91 Å². The lowest BCUT2D eigenvalue weighted by Gasteiger charge is -2.16. The Morgan fingerprint density at radius 1 is 1.57 bits per heavy atom. The van der Waals surface area contributed by atoms with Gasteiger partial charge >= 0.3 is 0 Å². The quantitative estimate of drug-likeness (QED) is 0.647. The van der Waals surface area contributed by atoms with Crippen LogP contribution in [0, 0.1) is 0 Å². The summed E-state index contributed by atoms with van der Waals surface area (Å²) in [5.74, 6) is -0.306. The summed E-state index contributed by atoms with van der Waals surface area (Å²) in [7, 11) is 1.59. The number of alkyl halides is 2. The lowest BCUT2D eigenvalue weighted by atomic mass is 10.4. The number of carbonyl (C=O) groups excluding carboxylic acids is 1. The normalized spacial score (nSPS) is 10.6. The third-order valence-corrected chi connectivity index (χ3v) is 1.59. The number of nitrogens with two attached hydrogens (primary N) is 1. The Kier molecular flexibility index (Phi) is 7.23. The van der Waals surface area contributed by atoms with E-state index in [1.54, 1.807) is 7.05 Å². The van der Waals surface area contributed by atoms with Crippen LogP contribution in [0.4, 0.5) is 8.78 Å². The number of hydrogen-bond donors (Lipinski definition) is 1. The zero-order valence-corrected chi connectivity index (χ0v) is 8.21. The first-order valence-electron chi connectivity index (χ1n) is 4.38. The van der Waals surface area contributed by atoms with Crippen molar-refractivity contribution >= 4 is 5.91 Å². The SMILES string of the molecule is CN(CCCN)C(=O)COCC(F)F. The fourth-order valence-corrected chi connectivity index (χ4v) is 0.799. The zero-order valence-electron chi connectivity index (χ0n) is 8.21. The largest absolute Gasteiger partial charge is 0.366 e. The van der Waals surface area contributed by atoms with Crippen molar-refractivity contribution in [1.82, 2.24) is 4.90 Å². The second-order valence-corrected chi connectivity index (χ2v) is 2.86. The van der Waals surface area contributed by atoms with E-state index in [2.05, 4.69) is 4.74 Å². The van der Waals surface area contributed by atoms with Gasteiger partial charge in [0.15, 0.2) is 0 Å². The predicted octanol–water partition coefficient (Wildman–Crippen LogP) is 0.0753. The first kappa shape index (κ1) is 13.2. The van der Waals surface area contributed by atoms with Gasteiger partial charge in [0, 0.05) is 13.6 Å². The van der Waals surface area contributed by atoms with Crippen molar-refractivity contribution in [1.29, 1.82) is 0 Å². The van der Waals surface area contributed by atoms with Gasteiger partial charge < -0.3 is 15.4 Å². The molecule has 0 saturated carbocycles. The molecule has 0 saturated heterocycles. The van der Waals surface area contributed by atoms with Crippen molar-refractivity contribution in [3.63, 3.8) is 0 Å². The van der Waals surface area contributed by atoms with Crippen LogP contribution < -0.4 is 5.73 Å². The molecular formula is C8H16F2N2O2. The zero-order chi connectivity index (χ0) is 11.0. The molecule has 2 N–H and O–H groups in total. The Balaban J connectivity index is 3.52. The standard InChI is InChI=1S/C8H16F2N2O2/c1-12(4-2-3-11)8(13)6-14-5-7(9)10/h7H,2-6,11H2,1H3. The van der Waals surface area contributed by atoms with E-state index in [1.807, 2.05) is 0 Å². The minimum Gasteiger partial charge on any atom is -0.366 e. The van der Waals surface area contributed by atoms with E-state index in [1.165, 1.54) is 4.90 Å². The fourth-order valence-electron chi connectivity index (χ4n) is 0.799. The molecule has 0 heterocycles. The highest BCUT2D eigenvalue weighted by Gasteiger charge is 2.09. The summed E-state index contributed by atoms with van der Waals surface area (Å²) in [5, 5.41) is 0. The molecule has 0 atom stereocenters. The molecule has 0 rings (SSSR count). The molecule has 0 radical (unpaired) electrons. The summed E-state index contributed by atoms with van der Waals surface area (Å²) < 4.78 is 27.7. The molecule has 0 bridgehead atoms. The molecule has 0 aliphatic rings. The highest BCUT2D eigenvalue weighted by Crippen LogP contribution is 1.94. The summed E-state index contributed by atoms with van der Waals surface area (Å²) in [6.45, 7) is 0.0186. The number of ether oxygens (including phenoxy) is 1. The smallest absolute Gasteiger partial charge is 0.261 e. The predicted molar refractivity (Wildman–Crippen MR) is 48.1 cm³/mol. The molecule has 0 aliphatic heterocycles. The van der Waals surface area contributed by atoms with Gasteiger partial charge in [-0.2, -0.15) is 0 Å². The number of carbonyl (C=O) groups is 1. The van der Waals surface area contributed by atoms with E-state index in [-0.39, 0.29) is 12.5 Å². The highest BCUT2D eigenvalue weighted by molar-refractivity contribution is 5.77. The van der Waals surface area contributed by atoms with Crippen molar-refractivity contribution in [3.05, 3.63) is 0 Å². The Labute approximate surface area is 82.0 Å².